The molecule has 0 aliphatic heterocycles. The van der Waals surface area contributed by atoms with Gasteiger partial charge in [0, 0.05) is 31.2 Å². The summed E-state index contributed by atoms with van der Waals surface area (Å²) in [5, 5.41) is 1.26. The highest BCUT2D eigenvalue weighted by Crippen LogP contribution is 2.29. The van der Waals surface area contributed by atoms with Gasteiger partial charge in [-0.05, 0) is 55.8 Å². The number of aryl methyl sites for hydroxylation is 1. The van der Waals surface area contributed by atoms with Crippen LogP contribution in [0, 0.1) is 6.92 Å². The predicted molar refractivity (Wildman–Crippen MR) is 112 cm³/mol. The zero-order chi connectivity index (χ0) is 19.1. The van der Waals surface area contributed by atoms with Gasteiger partial charge < -0.3 is 9.64 Å². The monoisotopic (exact) mass is 391 g/mol. The molecule has 0 amide bonds. The first-order chi connectivity index (χ1) is 12.4. The van der Waals surface area contributed by atoms with E-state index in [1.165, 1.54) is 0 Å². The van der Waals surface area contributed by atoms with Gasteiger partial charge in [0.05, 0.1) is 22.8 Å². The van der Waals surface area contributed by atoms with Crippen LogP contribution in [0.25, 0.3) is 0 Å². The molecule has 0 unspecified atom stereocenters. The number of benzene rings is 2. The van der Waals surface area contributed by atoms with Crippen molar-refractivity contribution in [1.82, 2.24) is 4.90 Å². The molecule has 0 heterocycles. The van der Waals surface area contributed by atoms with E-state index in [9.17, 15) is 0 Å². The molecule has 2 rings (SSSR count). The molecule has 138 valence electrons. The molecular formula is C20H23Cl2N3O. The van der Waals surface area contributed by atoms with Gasteiger partial charge in [0.1, 0.15) is 12.4 Å². The van der Waals surface area contributed by atoms with Gasteiger partial charge in [-0.1, -0.05) is 23.2 Å². The fourth-order valence-electron chi connectivity index (χ4n) is 2.26. The highest BCUT2D eigenvalue weighted by atomic mass is 35.5. The number of halogens is 2. The van der Waals surface area contributed by atoms with Crippen LogP contribution < -0.4 is 4.74 Å². The Bertz CT molecular complexity index is 801. The molecule has 2 aromatic carbocycles. The largest absolute Gasteiger partial charge is 0.487 e. The van der Waals surface area contributed by atoms with Crippen LogP contribution in [-0.2, 0) is 0 Å². The number of hydrogen-bond acceptors (Lipinski definition) is 3. The highest BCUT2D eigenvalue weighted by Gasteiger charge is 2.11. The molecule has 0 aromatic heterocycles. The summed E-state index contributed by atoms with van der Waals surface area (Å²) in [6.07, 6.45) is 1.78. The van der Waals surface area contributed by atoms with Crippen molar-refractivity contribution >= 4 is 40.9 Å². The van der Waals surface area contributed by atoms with Crippen molar-refractivity contribution in [2.75, 3.05) is 27.2 Å². The molecule has 0 bridgehead atoms. The fourth-order valence-corrected chi connectivity index (χ4v) is 2.60. The van der Waals surface area contributed by atoms with E-state index in [1.54, 1.807) is 25.5 Å². The summed E-state index contributed by atoms with van der Waals surface area (Å²) in [4.78, 5) is 10.8. The molecule has 2 aromatic rings. The molecule has 0 aliphatic rings. The van der Waals surface area contributed by atoms with Crippen LogP contribution in [0.4, 0.5) is 5.69 Å². The van der Waals surface area contributed by atoms with Gasteiger partial charge in [0.2, 0.25) is 0 Å². The third-order valence-electron chi connectivity index (χ3n) is 3.96. The number of aliphatic imine (C=N–C) groups is 2. The Morgan fingerprint density at radius 3 is 2.50 bits per heavy atom. The second-order valence-corrected chi connectivity index (χ2v) is 6.69. The third kappa shape index (κ3) is 5.48. The number of hydrogen-bond donors (Lipinski definition) is 0. The molecule has 26 heavy (non-hydrogen) atoms. The highest BCUT2D eigenvalue weighted by molar-refractivity contribution is 6.33. The predicted octanol–water partition coefficient (Wildman–Crippen LogP) is 5.41. The smallest absolute Gasteiger partial charge is 0.130 e. The molecule has 6 heteroatoms. The maximum Gasteiger partial charge on any atom is 0.130 e. The van der Waals surface area contributed by atoms with Crippen molar-refractivity contribution < 1.29 is 4.74 Å². The van der Waals surface area contributed by atoms with Crippen LogP contribution in [0.1, 0.15) is 18.1 Å². The lowest BCUT2D eigenvalue weighted by atomic mass is 10.0. The van der Waals surface area contributed by atoms with Gasteiger partial charge in [-0.3, -0.25) is 4.99 Å². The number of rotatable bonds is 7. The number of nitrogens with zero attached hydrogens (tertiary/aromatic N) is 3. The van der Waals surface area contributed by atoms with Gasteiger partial charge in [-0.25, -0.2) is 4.99 Å². The summed E-state index contributed by atoms with van der Waals surface area (Å²) in [6, 6.07) is 11.1. The van der Waals surface area contributed by atoms with Gasteiger partial charge in [0.15, 0.2) is 0 Å². The summed E-state index contributed by atoms with van der Waals surface area (Å²) >= 11 is 12.3. The van der Waals surface area contributed by atoms with Crippen molar-refractivity contribution in [2.45, 2.75) is 13.8 Å². The van der Waals surface area contributed by atoms with Crippen LogP contribution in [0.3, 0.4) is 0 Å². The Kier molecular flexibility index (Phi) is 7.49. The van der Waals surface area contributed by atoms with Crippen LogP contribution in [0.2, 0.25) is 10.0 Å². The molecule has 0 atom stereocenters. The zero-order valence-corrected chi connectivity index (χ0v) is 17.0. The first-order valence-electron chi connectivity index (χ1n) is 8.33. The topological polar surface area (TPSA) is 37.2 Å². The Hall–Kier alpha value is -2.04. The van der Waals surface area contributed by atoms with Gasteiger partial charge in [0.25, 0.3) is 0 Å². The fraction of sp³-hybridized carbons (Fsp3) is 0.300. The zero-order valence-electron chi connectivity index (χ0n) is 15.5. The number of ether oxygens (including phenoxy) is 1. The maximum absolute atomic E-state index is 6.42. The van der Waals surface area contributed by atoms with Crippen molar-refractivity contribution in [3.8, 4) is 5.75 Å². The van der Waals surface area contributed by atoms with Crippen LogP contribution in [-0.4, -0.2) is 44.2 Å². The summed E-state index contributed by atoms with van der Waals surface area (Å²) in [6.45, 7) is 5.30. The van der Waals surface area contributed by atoms with Gasteiger partial charge >= 0.3 is 0 Å². The molecule has 0 fully saturated rings. The first-order valence-corrected chi connectivity index (χ1v) is 9.09. The maximum atomic E-state index is 6.42. The molecule has 0 N–H and O–H groups in total. The van der Waals surface area contributed by atoms with Crippen molar-refractivity contribution in [2.24, 2.45) is 9.98 Å². The Morgan fingerprint density at radius 1 is 1.19 bits per heavy atom. The summed E-state index contributed by atoms with van der Waals surface area (Å²) in [5.41, 5.74) is 3.55. The first kappa shape index (κ1) is 20.3. The van der Waals surface area contributed by atoms with Gasteiger partial charge in [-0.2, -0.15) is 0 Å². The third-order valence-corrected chi connectivity index (χ3v) is 4.51. The molecule has 0 saturated carbocycles. The van der Waals surface area contributed by atoms with E-state index in [2.05, 4.69) is 16.9 Å². The SMILES string of the molecule is CCN(C)C=Nc1cc(C)c(C(COc2ccc(Cl)cc2)=NC)cc1Cl. The van der Waals surface area contributed by atoms with Crippen molar-refractivity contribution in [1.29, 1.82) is 0 Å². The van der Waals surface area contributed by atoms with Crippen molar-refractivity contribution in [3.63, 3.8) is 0 Å². The van der Waals surface area contributed by atoms with Gasteiger partial charge in [-0.15, -0.1) is 0 Å². The van der Waals surface area contributed by atoms with Crippen LogP contribution in [0.15, 0.2) is 46.4 Å². The molecule has 4 nitrogen and oxygen atoms in total. The van der Waals surface area contributed by atoms with E-state index in [0.717, 1.165) is 34.8 Å². The van der Waals surface area contributed by atoms with Crippen molar-refractivity contribution in [3.05, 3.63) is 57.6 Å². The Morgan fingerprint density at radius 2 is 1.88 bits per heavy atom. The average molecular weight is 392 g/mol. The molecule has 0 saturated heterocycles. The Labute approximate surface area is 165 Å². The normalized spacial score (nSPS) is 11.8. The minimum Gasteiger partial charge on any atom is -0.487 e. The van der Waals surface area contributed by atoms with E-state index in [4.69, 9.17) is 27.9 Å². The average Bonchev–Trinajstić information content (AvgIpc) is 2.64. The summed E-state index contributed by atoms with van der Waals surface area (Å²) < 4.78 is 5.82. The minimum atomic E-state index is 0.344. The van der Waals surface area contributed by atoms with E-state index in [0.29, 0.717) is 16.7 Å². The summed E-state index contributed by atoms with van der Waals surface area (Å²) in [5.74, 6) is 0.739. The molecule has 0 aliphatic carbocycles. The minimum absolute atomic E-state index is 0.344. The lowest BCUT2D eigenvalue weighted by Gasteiger charge is -2.13. The van der Waals surface area contributed by atoms with E-state index in [1.807, 2.05) is 43.1 Å². The summed E-state index contributed by atoms with van der Waals surface area (Å²) in [7, 11) is 3.71. The molecule has 0 spiro atoms. The standard InChI is InChI=1S/C20H23Cl2N3O/c1-5-25(4)13-24-19-10-14(2)17(11-18(19)22)20(23-3)12-26-16-8-6-15(21)7-9-16/h6-11,13H,5,12H2,1-4H3. The second-order valence-electron chi connectivity index (χ2n) is 5.85. The molecular weight excluding hydrogens is 369 g/mol. The van der Waals surface area contributed by atoms with Crippen LogP contribution >= 0.6 is 23.2 Å². The lowest BCUT2D eigenvalue weighted by Crippen LogP contribution is -2.15. The van der Waals surface area contributed by atoms with E-state index in [-0.39, 0.29) is 0 Å². The van der Waals surface area contributed by atoms with E-state index < -0.39 is 0 Å². The lowest BCUT2D eigenvalue weighted by molar-refractivity contribution is 0.377. The quantitative estimate of drug-likeness (QED) is 0.467. The second kappa shape index (κ2) is 9.60. The van der Waals surface area contributed by atoms with Crippen LogP contribution in [0.5, 0.6) is 5.75 Å². The Balaban J connectivity index is 2.18. The molecule has 0 radical (unpaired) electrons. The van der Waals surface area contributed by atoms with E-state index >= 15 is 0 Å².